The lowest BCUT2D eigenvalue weighted by atomic mass is 9.99. The van der Waals surface area contributed by atoms with Crippen molar-refractivity contribution in [2.75, 3.05) is 5.32 Å². The van der Waals surface area contributed by atoms with Crippen molar-refractivity contribution in [1.82, 2.24) is 14.8 Å². The summed E-state index contributed by atoms with van der Waals surface area (Å²) in [4.78, 5) is 19.4. The first-order valence-corrected chi connectivity index (χ1v) is 13.2. The number of aliphatic imine (C=N–C) groups is 1. The van der Waals surface area contributed by atoms with Gasteiger partial charge in [-0.05, 0) is 57.5 Å². The van der Waals surface area contributed by atoms with Crippen LogP contribution in [0, 0.1) is 27.7 Å². The molecule has 0 saturated carbocycles. The summed E-state index contributed by atoms with van der Waals surface area (Å²) in [5, 5.41) is 13.5. The van der Waals surface area contributed by atoms with Crippen molar-refractivity contribution in [2.24, 2.45) is 4.99 Å². The lowest BCUT2D eigenvalue weighted by molar-refractivity contribution is -0.116. The Morgan fingerprint density at radius 2 is 1.67 bits per heavy atom. The monoisotopic (exact) mass is 519 g/mol. The summed E-state index contributed by atoms with van der Waals surface area (Å²) in [5.41, 5.74) is 5.90. The fourth-order valence-corrected chi connectivity index (χ4v) is 5.50. The van der Waals surface area contributed by atoms with Gasteiger partial charge in [0.1, 0.15) is 16.9 Å². The summed E-state index contributed by atoms with van der Waals surface area (Å²) in [6, 6.07) is 14.9. The third kappa shape index (κ3) is 4.99. The number of nitrogens with zero attached hydrogens (tertiary/aromatic N) is 4. The topological polar surface area (TPSA) is 72.2 Å². The van der Waals surface area contributed by atoms with Crippen LogP contribution < -0.4 is 5.32 Å². The maximum Gasteiger partial charge on any atom is 0.227 e. The van der Waals surface area contributed by atoms with E-state index >= 15 is 0 Å². The molecule has 5 rings (SSSR count). The van der Waals surface area contributed by atoms with Crippen molar-refractivity contribution >= 4 is 40.2 Å². The van der Waals surface area contributed by atoms with E-state index in [0.717, 1.165) is 44.5 Å². The Morgan fingerprint density at radius 3 is 2.33 bits per heavy atom. The summed E-state index contributed by atoms with van der Waals surface area (Å²) in [5.74, 6) is 1.32. The van der Waals surface area contributed by atoms with E-state index in [1.54, 1.807) is 11.3 Å². The molecule has 3 heterocycles. The molecule has 1 N–H and O–H groups in total. The van der Waals surface area contributed by atoms with Crippen molar-refractivity contribution in [3.05, 3.63) is 92.3 Å². The maximum absolute atomic E-state index is 13.1. The van der Waals surface area contributed by atoms with Crippen LogP contribution >= 0.6 is 22.9 Å². The number of carbonyl (C=O) groups excluding carboxylic acids is 1. The van der Waals surface area contributed by atoms with E-state index in [1.807, 2.05) is 76.2 Å². The minimum atomic E-state index is -0.489. The number of hydrogen-bond acceptors (Lipinski definition) is 5. The number of aromatic nitrogens is 3. The zero-order chi connectivity index (χ0) is 26.0. The number of aryl methyl sites for hydroxylation is 3. The van der Waals surface area contributed by atoms with Crippen molar-refractivity contribution in [3.63, 3.8) is 0 Å². The van der Waals surface area contributed by atoms with Gasteiger partial charge in [-0.15, -0.1) is 21.5 Å². The first-order valence-electron chi connectivity index (χ1n) is 12.0. The molecule has 2 aromatic carbocycles. The van der Waals surface area contributed by atoms with E-state index < -0.39 is 6.04 Å². The average molecular weight is 520 g/mol. The molecule has 6 nitrogen and oxygen atoms in total. The second-order valence-electron chi connectivity index (χ2n) is 8.52. The number of fused-ring (bicyclic) bond motifs is 3. The number of benzene rings is 2. The first kappa shape index (κ1) is 25.8. The van der Waals surface area contributed by atoms with Crippen LogP contribution in [0.4, 0.5) is 5.69 Å². The molecule has 0 aliphatic carbocycles. The highest BCUT2D eigenvalue weighted by Crippen LogP contribution is 2.39. The van der Waals surface area contributed by atoms with Gasteiger partial charge >= 0.3 is 0 Å². The summed E-state index contributed by atoms with van der Waals surface area (Å²) in [6.45, 7) is 12.2. The van der Waals surface area contributed by atoms with E-state index in [4.69, 9.17) is 16.6 Å². The zero-order valence-electron chi connectivity index (χ0n) is 21.4. The van der Waals surface area contributed by atoms with Gasteiger partial charge in [-0.1, -0.05) is 55.3 Å². The van der Waals surface area contributed by atoms with Crippen LogP contribution in [-0.2, 0) is 4.79 Å². The molecular formula is C28H30ClN5OS. The van der Waals surface area contributed by atoms with Crippen LogP contribution in [0.5, 0.6) is 0 Å². The van der Waals surface area contributed by atoms with E-state index in [1.165, 1.54) is 4.88 Å². The maximum atomic E-state index is 13.1. The van der Waals surface area contributed by atoms with Crippen LogP contribution in [0.25, 0.3) is 5.00 Å². The van der Waals surface area contributed by atoms with Crippen molar-refractivity contribution in [2.45, 2.75) is 54.0 Å². The Bertz CT molecular complexity index is 1420. The molecule has 0 bridgehead atoms. The number of nitrogens with one attached hydrogen (secondary N) is 1. The summed E-state index contributed by atoms with van der Waals surface area (Å²) < 4.78 is 2.05. The molecule has 1 atom stereocenters. The number of amides is 1. The third-order valence-electron chi connectivity index (χ3n) is 6.07. The van der Waals surface area contributed by atoms with Gasteiger partial charge in [0, 0.05) is 26.7 Å². The number of rotatable bonds is 4. The van der Waals surface area contributed by atoms with Gasteiger partial charge in [-0.3, -0.25) is 14.4 Å². The largest absolute Gasteiger partial charge is 0.326 e. The lowest BCUT2D eigenvalue weighted by Crippen LogP contribution is -2.17. The highest BCUT2D eigenvalue weighted by atomic mass is 35.5. The average Bonchev–Trinajstić information content (AvgIpc) is 3.34. The Kier molecular flexibility index (Phi) is 7.71. The van der Waals surface area contributed by atoms with Crippen LogP contribution in [0.15, 0.2) is 53.5 Å². The van der Waals surface area contributed by atoms with Gasteiger partial charge in [0.25, 0.3) is 0 Å². The van der Waals surface area contributed by atoms with Gasteiger partial charge in [-0.2, -0.15) is 0 Å². The van der Waals surface area contributed by atoms with E-state index in [9.17, 15) is 4.79 Å². The Labute approximate surface area is 221 Å². The molecule has 1 aliphatic rings. The second kappa shape index (κ2) is 10.8. The van der Waals surface area contributed by atoms with E-state index in [0.29, 0.717) is 10.8 Å². The number of anilines is 1. The number of carbonyl (C=O) groups is 1. The SMILES string of the molecule is CC.Cc1ccc(NC(=O)CC2N=C(c3ccc(Cl)cc3)c3c(sc(C)c3C)-n3c(C)nnc32)cc1. The molecule has 0 saturated heterocycles. The fraction of sp³-hybridized carbons (Fsp3) is 0.286. The molecule has 1 unspecified atom stereocenters. The molecule has 2 aromatic heterocycles. The van der Waals surface area contributed by atoms with Gasteiger partial charge in [-0.25, -0.2) is 0 Å². The molecule has 36 heavy (non-hydrogen) atoms. The molecule has 186 valence electrons. The second-order valence-corrected chi connectivity index (χ2v) is 10.2. The number of hydrogen-bond donors (Lipinski definition) is 1. The summed E-state index contributed by atoms with van der Waals surface area (Å²) in [6.07, 6.45) is 0.149. The normalized spacial score (nSPS) is 14.1. The fourth-order valence-electron chi connectivity index (χ4n) is 4.16. The molecule has 0 fully saturated rings. The quantitative estimate of drug-likeness (QED) is 0.311. The van der Waals surface area contributed by atoms with Gasteiger partial charge in [0.15, 0.2) is 5.82 Å². The van der Waals surface area contributed by atoms with Gasteiger partial charge in [0.05, 0.1) is 12.1 Å². The Hall–Kier alpha value is -3.29. The predicted octanol–water partition coefficient (Wildman–Crippen LogP) is 7.16. The van der Waals surface area contributed by atoms with Crippen LogP contribution in [0.1, 0.15) is 65.1 Å². The summed E-state index contributed by atoms with van der Waals surface area (Å²) in [7, 11) is 0. The Morgan fingerprint density at radius 1 is 1.00 bits per heavy atom. The molecule has 0 radical (unpaired) electrons. The summed E-state index contributed by atoms with van der Waals surface area (Å²) >= 11 is 7.86. The minimum Gasteiger partial charge on any atom is -0.326 e. The smallest absolute Gasteiger partial charge is 0.227 e. The molecule has 4 aromatic rings. The van der Waals surface area contributed by atoms with Crippen molar-refractivity contribution < 1.29 is 4.79 Å². The highest BCUT2D eigenvalue weighted by molar-refractivity contribution is 7.15. The molecule has 8 heteroatoms. The van der Waals surface area contributed by atoms with Crippen LogP contribution in [-0.4, -0.2) is 26.4 Å². The van der Waals surface area contributed by atoms with Crippen LogP contribution in [0.2, 0.25) is 5.02 Å². The molecule has 1 amide bonds. The molecular weight excluding hydrogens is 490 g/mol. The van der Waals surface area contributed by atoms with Crippen molar-refractivity contribution in [3.8, 4) is 5.00 Å². The first-order chi connectivity index (χ1) is 17.3. The highest BCUT2D eigenvalue weighted by Gasteiger charge is 2.32. The predicted molar refractivity (Wildman–Crippen MR) is 149 cm³/mol. The zero-order valence-corrected chi connectivity index (χ0v) is 23.0. The van der Waals surface area contributed by atoms with Crippen LogP contribution in [0.3, 0.4) is 0 Å². The standard InChI is InChI=1S/C26H24ClN5OS.C2H6/c1-14-5-11-20(12-6-14)28-22(33)13-21-25-31-30-17(4)32(25)26-23(15(2)16(3)34-26)24(29-21)18-7-9-19(27)10-8-18;1-2/h5-12,21H,13H2,1-4H3,(H,28,33);1-2H3. The number of thiophene rings is 1. The van der Waals surface area contributed by atoms with Gasteiger partial charge < -0.3 is 5.32 Å². The molecule has 0 spiro atoms. The third-order valence-corrected chi connectivity index (χ3v) is 7.52. The lowest BCUT2D eigenvalue weighted by Gasteiger charge is -2.13. The van der Waals surface area contributed by atoms with E-state index in [2.05, 4.69) is 33.9 Å². The Balaban J connectivity index is 0.00000148. The van der Waals surface area contributed by atoms with Gasteiger partial charge in [0.2, 0.25) is 5.91 Å². The van der Waals surface area contributed by atoms with E-state index in [-0.39, 0.29) is 12.3 Å². The molecule has 1 aliphatic heterocycles. The minimum absolute atomic E-state index is 0.126. The number of halogens is 1. The van der Waals surface area contributed by atoms with Crippen molar-refractivity contribution in [1.29, 1.82) is 0 Å².